The van der Waals surface area contributed by atoms with Crippen molar-refractivity contribution in [2.75, 3.05) is 0 Å². The largest absolute Gasteiger partial charge is 0.308 e. The molecule has 10 aromatic carbocycles. The highest BCUT2D eigenvalue weighted by molar-refractivity contribution is 7.25. The van der Waals surface area contributed by atoms with Crippen LogP contribution < -0.4 is 0 Å². The second-order valence-corrected chi connectivity index (χ2v) is 17.1. The third-order valence-corrected chi connectivity index (χ3v) is 13.5. The van der Waals surface area contributed by atoms with Crippen molar-refractivity contribution in [1.29, 1.82) is 0 Å². The lowest BCUT2D eigenvalue weighted by Crippen LogP contribution is -2.02. The highest BCUT2D eigenvalue weighted by atomic mass is 32.1. The van der Waals surface area contributed by atoms with E-state index >= 15 is 0 Å². The first kappa shape index (κ1) is 34.8. The summed E-state index contributed by atoms with van der Waals surface area (Å²) in [5, 5.41) is 12.1. The van der Waals surface area contributed by atoms with Crippen molar-refractivity contribution in [2.24, 2.45) is 0 Å². The van der Waals surface area contributed by atoms with Gasteiger partial charge in [0.2, 0.25) is 0 Å². The van der Waals surface area contributed by atoms with Gasteiger partial charge in [-0.1, -0.05) is 158 Å². The maximum absolute atomic E-state index is 5.36. The van der Waals surface area contributed by atoms with Gasteiger partial charge in [-0.2, -0.15) is 0 Å². The van der Waals surface area contributed by atoms with Crippen LogP contribution in [0.2, 0.25) is 0 Å². The summed E-state index contributed by atoms with van der Waals surface area (Å²) in [4.78, 5) is 15.8. The van der Waals surface area contributed by atoms with Gasteiger partial charge in [0, 0.05) is 58.6 Å². The average molecular weight is 807 g/mol. The number of nitrogens with zero attached hydrogens (tertiary/aromatic N) is 4. The average Bonchev–Trinajstić information content (AvgIpc) is 3.88. The van der Waals surface area contributed by atoms with E-state index in [1.807, 2.05) is 18.2 Å². The van der Waals surface area contributed by atoms with Crippen LogP contribution in [0.25, 0.3) is 125 Å². The summed E-state index contributed by atoms with van der Waals surface area (Å²) in [6, 6.07) is 74.1. The normalized spacial score (nSPS) is 11.9. The molecule has 0 bridgehead atoms. The van der Waals surface area contributed by atoms with Crippen LogP contribution in [0.5, 0.6) is 0 Å². The number of rotatable bonds is 5. The van der Waals surface area contributed by atoms with Gasteiger partial charge in [-0.3, -0.25) is 0 Å². The fourth-order valence-corrected chi connectivity index (χ4v) is 10.6. The molecule has 0 amide bonds. The molecule has 0 aliphatic rings. The first-order chi connectivity index (χ1) is 30.7. The highest BCUT2D eigenvalue weighted by Gasteiger charge is 2.22. The molecule has 0 saturated carbocycles. The summed E-state index contributed by atoms with van der Waals surface area (Å²) < 4.78 is 4.94. The Balaban J connectivity index is 1.11. The van der Waals surface area contributed by atoms with Crippen LogP contribution in [0.1, 0.15) is 0 Å². The number of thiophene rings is 1. The van der Waals surface area contributed by atoms with Crippen LogP contribution in [0.15, 0.2) is 206 Å². The molecule has 0 unspecified atom stereocenters. The fourth-order valence-electron chi connectivity index (χ4n) is 9.47. The standard InChI is InChI=1S/C57H34N4S/c1-2-15-37(16-3-1)55-58-56(60-57(59-55)46-22-12-24-52-53(46)45-21-10-11-23-51(45)62-52)42-28-30-49(47(33-42)41-26-25-35-13-4-5-17-38(35)31-41)61-50-34-40-19-7-6-18-39(40)32-48(50)44-29-27-36-14-8-9-20-43(36)54(44)61/h1-34H. The summed E-state index contributed by atoms with van der Waals surface area (Å²) in [6.45, 7) is 0. The van der Waals surface area contributed by atoms with Gasteiger partial charge in [-0.05, 0) is 81.0 Å². The van der Waals surface area contributed by atoms with E-state index in [0.29, 0.717) is 17.5 Å². The van der Waals surface area contributed by atoms with E-state index in [-0.39, 0.29) is 0 Å². The van der Waals surface area contributed by atoms with Crippen molar-refractivity contribution in [3.63, 3.8) is 0 Å². The van der Waals surface area contributed by atoms with Gasteiger partial charge >= 0.3 is 0 Å². The van der Waals surface area contributed by atoms with Gasteiger partial charge in [0.15, 0.2) is 17.5 Å². The first-order valence-corrected chi connectivity index (χ1v) is 21.7. The monoisotopic (exact) mass is 806 g/mol. The molecule has 0 spiro atoms. The molecular formula is C57H34N4S. The molecule has 288 valence electrons. The van der Waals surface area contributed by atoms with Crippen molar-refractivity contribution in [2.45, 2.75) is 0 Å². The molecule has 62 heavy (non-hydrogen) atoms. The third kappa shape index (κ3) is 5.49. The van der Waals surface area contributed by atoms with E-state index < -0.39 is 0 Å². The van der Waals surface area contributed by atoms with Gasteiger partial charge in [0.25, 0.3) is 0 Å². The topological polar surface area (TPSA) is 43.6 Å². The second kappa shape index (κ2) is 13.8. The quantitative estimate of drug-likeness (QED) is 0.174. The molecule has 4 nitrogen and oxygen atoms in total. The Labute approximate surface area is 360 Å². The molecule has 0 aliphatic heterocycles. The van der Waals surface area contributed by atoms with Crippen molar-refractivity contribution in [3.8, 4) is 51.0 Å². The molecule has 3 heterocycles. The van der Waals surface area contributed by atoms with Crippen LogP contribution in [-0.2, 0) is 0 Å². The van der Waals surface area contributed by atoms with E-state index in [2.05, 4.69) is 193 Å². The lowest BCUT2D eigenvalue weighted by atomic mass is 9.97. The predicted molar refractivity (Wildman–Crippen MR) is 261 cm³/mol. The molecule has 0 radical (unpaired) electrons. The zero-order valence-electron chi connectivity index (χ0n) is 33.3. The van der Waals surface area contributed by atoms with Crippen molar-refractivity contribution >= 4 is 85.6 Å². The van der Waals surface area contributed by atoms with Gasteiger partial charge in [0.1, 0.15) is 0 Å². The van der Waals surface area contributed by atoms with Crippen molar-refractivity contribution in [3.05, 3.63) is 206 Å². The van der Waals surface area contributed by atoms with E-state index in [1.165, 1.54) is 68.8 Å². The minimum absolute atomic E-state index is 0.623. The lowest BCUT2D eigenvalue weighted by Gasteiger charge is -2.17. The van der Waals surface area contributed by atoms with Crippen molar-refractivity contribution in [1.82, 2.24) is 19.5 Å². The lowest BCUT2D eigenvalue weighted by molar-refractivity contribution is 1.08. The molecule has 0 aliphatic carbocycles. The van der Waals surface area contributed by atoms with Crippen molar-refractivity contribution < 1.29 is 0 Å². The summed E-state index contributed by atoms with van der Waals surface area (Å²) in [5.74, 6) is 1.91. The minimum Gasteiger partial charge on any atom is -0.308 e. The second-order valence-electron chi connectivity index (χ2n) is 16.0. The molecule has 0 atom stereocenters. The summed E-state index contributed by atoms with van der Waals surface area (Å²) in [7, 11) is 0. The third-order valence-electron chi connectivity index (χ3n) is 12.4. The Kier molecular flexibility index (Phi) is 7.74. The van der Waals surface area contributed by atoms with Gasteiger partial charge < -0.3 is 4.57 Å². The number of hydrogen-bond acceptors (Lipinski definition) is 4. The molecule has 13 aromatic rings. The van der Waals surface area contributed by atoms with Gasteiger partial charge in [-0.25, -0.2) is 15.0 Å². The molecular weight excluding hydrogens is 773 g/mol. The maximum atomic E-state index is 5.36. The van der Waals surface area contributed by atoms with E-state index in [9.17, 15) is 0 Å². The van der Waals surface area contributed by atoms with E-state index in [1.54, 1.807) is 11.3 Å². The van der Waals surface area contributed by atoms with E-state index in [0.717, 1.165) is 39.0 Å². The molecule has 0 N–H and O–H groups in total. The number of aromatic nitrogens is 4. The molecule has 5 heteroatoms. The Morgan fingerprint density at radius 3 is 1.81 bits per heavy atom. The van der Waals surface area contributed by atoms with Crippen LogP contribution in [0, 0.1) is 0 Å². The van der Waals surface area contributed by atoms with Crippen LogP contribution >= 0.6 is 11.3 Å². The van der Waals surface area contributed by atoms with Gasteiger partial charge in [-0.15, -0.1) is 11.3 Å². The Bertz CT molecular complexity index is 3940. The predicted octanol–water partition coefficient (Wildman–Crippen LogP) is 15.5. The number of fused-ring (bicyclic) bond motifs is 10. The zero-order chi connectivity index (χ0) is 40.7. The number of benzene rings is 10. The van der Waals surface area contributed by atoms with Crippen LogP contribution in [0.4, 0.5) is 0 Å². The Hall–Kier alpha value is -7.99. The molecule has 3 aromatic heterocycles. The Morgan fingerprint density at radius 2 is 0.968 bits per heavy atom. The summed E-state index contributed by atoms with van der Waals surface area (Å²) in [6.07, 6.45) is 0. The smallest absolute Gasteiger partial charge is 0.164 e. The highest BCUT2D eigenvalue weighted by Crippen LogP contribution is 2.43. The van der Waals surface area contributed by atoms with Gasteiger partial charge in [0.05, 0.1) is 16.7 Å². The molecule has 13 rings (SSSR count). The Morgan fingerprint density at radius 1 is 0.339 bits per heavy atom. The van der Waals surface area contributed by atoms with Crippen LogP contribution in [0.3, 0.4) is 0 Å². The summed E-state index contributed by atoms with van der Waals surface area (Å²) >= 11 is 1.80. The zero-order valence-corrected chi connectivity index (χ0v) is 34.1. The number of hydrogen-bond donors (Lipinski definition) is 0. The first-order valence-electron chi connectivity index (χ1n) is 20.9. The fraction of sp³-hybridized carbons (Fsp3) is 0. The summed E-state index contributed by atoms with van der Waals surface area (Å²) in [5.41, 5.74) is 8.49. The van der Waals surface area contributed by atoms with E-state index in [4.69, 9.17) is 15.0 Å². The maximum Gasteiger partial charge on any atom is 0.164 e. The minimum atomic E-state index is 0.623. The molecule has 0 saturated heterocycles. The van der Waals surface area contributed by atoms with Crippen LogP contribution in [-0.4, -0.2) is 19.5 Å². The SMILES string of the molecule is c1ccc(-c2nc(-c3ccc(-n4c5cc6ccccc6cc5c5ccc6ccccc6c54)c(-c4ccc5ccccc5c4)c3)nc(-c3cccc4sc5ccccc5c34)n2)cc1. The molecule has 0 fully saturated rings.